The van der Waals surface area contributed by atoms with Gasteiger partial charge in [0, 0.05) is 24.1 Å². The van der Waals surface area contributed by atoms with Crippen LogP contribution in [0.25, 0.3) is 0 Å². The number of rotatable bonds is 6. The van der Waals surface area contributed by atoms with Gasteiger partial charge >= 0.3 is 5.97 Å². The van der Waals surface area contributed by atoms with E-state index in [1.54, 1.807) is 24.3 Å². The first-order valence-corrected chi connectivity index (χ1v) is 10.2. The minimum Gasteiger partial charge on any atom is -0.452 e. The van der Waals surface area contributed by atoms with Crippen LogP contribution in [0.3, 0.4) is 0 Å². The Morgan fingerprint density at radius 3 is 2.72 bits per heavy atom. The van der Waals surface area contributed by atoms with Gasteiger partial charge in [-0.25, -0.2) is 9.78 Å². The van der Waals surface area contributed by atoms with E-state index in [0.717, 1.165) is 16.7 Å². The molecule has 2 aromatic rings. The number of benzene rings is 1. The molecular weight excluding hydrogens is 462 g/mol. The summed E-state index contributed by atoms with van der Waals surface area (Å²) in [5, 5.41) is 2.26. The highest BCUT2D eigenvalue weighted by molar-refractivity contribution is 9.10. The zero-order valence-corrected chi connectivity index (χ0v) is 17.7. The molecular formula is C19H16BrN3O5S. The number of nitrogens with zero attached hydrogens (tertiary/aromatic N) is 2. The Kier molecular flexibility index (Phi) is 6.65. The maximum absolute atomic E-state index is 12.4. The van der Waals surface area contributed by atoms with Crippen LogP contribution in [0.4, 0.5) is 5.69 Å². The van der Waals surface area contributed by atoms with Gasteiger partial charge in [-0.15, -0.1) is 0 Å². The number of carbonyl (C=O) groups is 4. The molecule has 3 rings (SSSR count). The average Bonchev–Trinajstić information content (AvgIpc) is 2.95. The summed E-state index contributed by atoms with van der Waals surface area (Å²) in [7, 11) is 1.42. The van der Waals surface area contributed by atoms with Gasteiger partial charge in [0.05, 0.1) is 16.5 Å². The summed E-state index contributed by atoms with van der Waals surface area (Å²) in [6, 6.07) is 10.1. The second kappa shape index (κ2) is 9.19. The number of hydrogen-bond acceptors (Lipinski definition) is 7. The lowest BCUT2D eigenvalue weighted by atomic mass is 10.3. The van der Waals surface area contributed by atoms with Crippen LogP contribution in [0.2, 0.25) is 0 Å². The molecule has 29 heavy (non-hydrogen) atoms. The van der Waals surface area contributed by atoms with Crippen molar-refractivity contribution < 1.29 is 23.9 Å². The number of carbonyl (C=O) groups excluding carboxylic acids is 4. The van der Waals surface area contributed by atoms with Gasteiger partial charge in [-0.1, -0.05) is 23.9 Å². The highest BCUT2D eigenvalue weighted by Gasteiger charge is 2.37. The van der Waals surface area contributed by atoms with Crippen LogP contribution in [-0.2, 0) is 19.1 Å². The van der Waals surface area contributed by atoms with Gasteiger partial charge in [0.25, 0.3) is 5.91 Å². The third-order valence-electron chi connectivity index (χ3n) is 4.07. The van der Waals surface area contributed by atoms with E-state index < -0.39 is 23.7 Å². The van der Waals surface area contributed by atoms with Gasteiger partial charge in [0.15, 0.2) is 6.61 Å². The van der Waals surface area contributed by atoms with Gasteiger partial charge in [-0.2, -0.15) is 0 Å². The van der Waals surface area contributed by atoms with Gasteiger partial charge in [-0.3, -0.25) is 19.3 Å². The van der Waals surface area contributed by atoms with E-state index in [1.807, 2.05) is 6.07 Å². The maximum Gasteiger partial charge on any atom is 0.341 e. The molecule has 1 N–H and O–H groups in total. The molecule has 0 spiro atoms. The molecule has 150 valence electrons. The fourth-order valence-electron chi connectivity index (χ4n) is 2.55. The molecule has 1 fully saturated rings. The third-order valence-corrected chi connectivity index (χ3v) is 5.96. The van der Waals surface area contributed by atoms with E-state index in [9.17, 15) is 19.2 Å². The molecule has 1 aliphatic heterocycles. The number of esters is 1. The summed E-state index contributed by atoms with van der Waals surface area (Å²) in [4.78, 5) is 53.5. The summed E-state index contributed by atoms with van der Waals surface area (Å²) >= 11 is 4.35. The quantitative estimate of drug-likeness (QED) is 0.503. The lowest BCUT2D eigenvalue weighted by Crippen LogP contribution is -2.26. The number of anilines is 1. The molecule has 10 heteroatoms. The second-order valence-electron chi connectivity index (χ2n) is 6.06. The molecule has 8 nitrogen and oxygen atoms in total. The Morgan fingerprint density at radius 2 is 2.03 bits per heavy atom. The Morgan fingerprint density at radius 1 is 1.28 bits per heavy atom. The number of imide groups is 1. The number of hydrogen-bond donors (Lipinski definition) is 1. The molecule has 1 atom stereocenters. The molecule has 3 amide bonds. The van der Waals surface area contributed by atoms with Crippen molar-refractivity contribution in [2.24, 2.45) is 0 Å². The van der Waals surface area contributed by atoms with Crippen molar-refractivity contribution in [3.8, 4) is 0 Å². The number of amides is 3. The van der Waals surface area contributed by atoms with Crippen LogP contribution in [-0.4, -0.2) is 52.5 Å². The zero-order valence-electron chi connectivity index (χ0n) is 15.3. The Balaban J connectivity index is 1.63. The van der Waals surface area contributed by atoms with E-state index in [2.05, 4.69) is 26.2 Å². The van der Waals surface area contributed by atoms with Crippen molar-refractivity contribution in [3.05, 3.63) is 52.6 Å². The largest absolute Gasteiger partial charge is 0.452 e. The van der Waals surface area contributed by atoms with Gasteiger partial charge < -0.3 is 10.1 Å². The van der Waals surface area contributed by atoms with E-state index in [0.29, 0.717) is 10.2 Å². The molecule has 0 radical (unpaired) electrons. The third kappa shape index (κ3) is 5.01. The average molecular weight is 478 g/mol. The van der Waals surface area contributed by atoms with E-state index >= 15 is 0 Å². The Hall–Kier alpha value is -2.72. The van der Waals surface area contributed by atoms with Crippen molar-refractivity contribution in [1.29, 1.82) is 0 Å². The number of aromatic nitrogens is 1. The highest BCUT2D eigenvalue weighted by atomic mass is 79.9. The first-order chi connectivity index (χ1) is 13.9. The molecule has 1 aliphatic rings. The topological polar surface area (TPSA) is 106 Å². The SMILES string of the molecule is CN1C(=O)CC(Sc2ncccc2C(=O)OCC(=O)Nc2ccccc2Br)C1=O. The molecule has 1 aromatic carbocycles. The summed E-state index contributed by atoms with van der Waals surface area (Å²) in [6.07, 6.45) is 1.52. The van der Waals surface area contributed by atoms with Crippen LogP contribution >= 0.6 is 27.7 Å². The predicted octanol–water partition coefficient (Wildman–Crippen LogP) is 2.49. The van der Waals surface area contributed by atoms with Gasteiger partial charge in [0.1, 0.15) is 5.03 Å². The maximum atomic E-state index is 12.4. The van der Waals surface area contributed by atoms with Crippen LogP contribution in [0, 0.1) is 0 Å². The van der Waals surface area contributed by atoms with E-state index in [4.69, 9.17) is 4.74 Å². The van der Waals surface area contributed by atoms with Gasteiger partial charge in [-0.05, 0) is 40.2 Å². The molecule has 2 heterocycles. The number of thioether (sulfide) groups is 1. The lowest BCUT2D eigenvalue weighted by molar-refractivity contribution is -0.136. The minimum atomic E-state index is -0.743. The fourth-order valence-corrected chi connectivity index (χ4v) is 4.08. The number of halogens is 1. The second-order valence-corrected chi connectivity index (χ2v) is 8.11. The normalized spacial score (nSPS) is 16.1. The summed E-state index contributed by atoms with van der Waals surface area (Å²) in [5.41, 5.74) is 0.681. The highest BCUT2D eigenvalue weighted by Crippen LogP contribution is 2.31. The molecule has 1 unspecified atom stereocenters. The molecule has 1 aromatic heterocycles. The summed E-state index contributed by atoms with van der Waals surface area (Å²) in [5.74, 6) is -1.86. The van der Waals surface area contributed by atoms with Crippen molar-refractivity contribution in [2.75, 3.05) is 19.0 Å². The summed E-state index contributed by atoms with van der Waals surface area (Å²) < 4.78 is 5.79. The Bertz CT molecular complexity index is 984. The standard InChI is InChI=1S/C19H16BrN3O5S/c1-23-16(25)9-14(18(23)26)29-17-11(5-4-8-21-17)19(27)28-10-15(24)22-13-7-3-2-6-12(13)20/h2-8,14H,9-10H2,1H3,(H,22,24). The first-order valence-electron chi connectivity index (χ1n) is 8.50. The van der Waals surface area contributed by atoms with E-state index in [1.165, 1.54) is 19.3 Å². The lowest BCUT2D eigenvalue weighted by Gasteiger charge is -2.11. The van der Waals surface area contributed by atoms with Crippen LogP contribution in [0.1, 0.15) is 16.8 Å². The number of pyridine rings is 1. The zero-order chi connectivity index (χ0) is 21.0. The van der Waals surface area contributed by atoms with Crippen LogP contribution < -0.4 is 5.32 Å². The molecule has 0 aliphatic carbocycles. The first kappa shape index (κ1) is 21.0. The van der Waals surface area contributed by atoms with Crippen molar-refractivity contribution in [3.63, 3.8) is 0 Å². The fraction of sp³-hybridized carbons (Fsp3) is 0.211. The van der Waals surface area contributed by atoms with Crippen molar-refractivity contribution in [1.82, 2.24) is 9.88 Å². The van der Waals surface area contributed by atoms with Crippen LogP contribution in [0.15, 0.2) is 52.1 Å². The van der Waals surface area contributed by atoms with Gasteiger partial charge in [0.2, 0.25) is 11.8 Å². The smallest absolute Gasteiger partial charge is 0.341 e. The number of likely N-dealkylation sites (tertiary alicyclic amines) is 1. The summed E-state index contributed by atoms with van der Waals surface area (Å²) in [6.45, 7) is -0.483. The van der Waals surface area contributed by atoms with Crippen LogP contribution in [0.5, 0.6) is 0 Å². The molecule has 0 saturated carbocycles. The van der Waals surface area contributed by atoms with Crippen molar-refractivity contribution in [2.45, 2.75) is 16.7 Å². The monoisotopic (exact) mass is 477 g/mol. The Labute approximate surface area is 179 Å². The predicted molar refractivity (Wildman–Crippen MR) is 109 cm³/mol. The minimum absolute atomic E-state index is 0.0411. The molecule has 0 bridgehead atoms. The van der Waals surface area contributed by atoms with Crippen molar-refractivity contribution >= 4 is 57.1 Å². The number of ether oxygens (including phenoxy) is 1. The number of nitrogens with one attached hydrogen (secondary N) is 1. The number of para-hydroxylation sites is 1. The van der Waals surface area contributed by atoms with E-state index in [-0.39, 0.29) is 28.8 Å². The molecule has 1 saturated heterocycles.